The van der Waals surface area contributed by atoms with Gasteiger partial charge in [-0.2, -0.15) is 0 Å². The molecule has 8 heteroatoms. The molecule has 8 nitrogen and oxygen atoms in total. The molecule has 5 unspecified atom stereocenters. The van der Waals surface area contributed by atoms with E-state index in [-0.39, 0.29) is 35.0 Å². The molecule has 50 heavy (non-hydrogen) atoms. The lowest BCUT2D eigenvalue weighted by Gasteiger charge is -2.19. The number of carbonyl (C=O) groups is 4. The monoisotopic (exact) mass is 664 g/mol. The van der Waals surface area contributed by atoms with Gasteiger partial charge in [-0.1, -0.05) is 54.1 Å². The molecule has 3 fully saturated rings. The van der Waals surface area contributed by atoms with Gasteiger partial charge >= 0.3 is 5.97 Å². The minimum Gasteiger partial charge on any atom is -0.489 e. The van der Waals surface area contributed by atoms with Crippen LogP contribution in [0, 0.1) is 30.6 Å². The van der Waals surface area contributed by atoms with Crippen molar-refractivity contribution in [2.75, 3.05) is 4.90 Å². The number of fused-ring (bicyclic) bond motifs is 6. The highest BCUT2D eigenvalue weighted by Crippen LogP contribution is 2.56. The lowest BCUT2D eigenvalue weighted by molar-refractivity contribution is -0.123. The number of benzene rings is 4. The predicted molar refractivity (Wildman–Crippen MR) is 189 cm³/mol. The van der Waals surface area contributed by atoms with Crippen molar-refractivity contribution in [3.63, 3.8) is 0 Å². The topological polar surface area (TPSA) is 103 Å². The number of pyridine rings is 1. The van der Waals surface area contributed by atoms with Crippen LogP contribution in [0.1, 0.15) is 58.0 Å². The molecule has 5 atom stereocenters. The molecule has 2 bridgehead atoms. The molecule has 0 radical (unpaired) electrons. The summed E-state index contributed by atoms with van der Waals surface area (Å²) in [4.78, 5) is 60.0. The van der Waals surface area contributed by atoms with E-state index in [1.165, 1.54) is 4.90 Å². The lowest BCUT2D eigenvalue weighted by atomic mass is 9.81. The Kier molecular flexibility index (Phi) is 8.02. The first-order chi connectivity index (χ1) is 24.2. The highest BCUT2D eigenvalue weighted by molar-refractivity contribution is 6.22. The normalized spacial score (nSPS) is 21.4. The zero-order valence-corrected chi connectivity index (χ0v) is 27.9. The van der Waals surface area contributed by atoms with Crippen molar-refractivity contribution >= 4 is 40.2 Å². The zero-order chi connectivity index (χ0) is 34.5. The van der Waals surface area contributed by atoms with Gasteiger partial charge in [0.1, 0.15) is 12.4 Å². The summed E-state index contributed by atoms with van der Waals surface area (Å²) in [5.74, 6) is -0.251. The maximum absolute atomic E-state index is 13.7. The number of hydrogen-bond donors (Lipinski definition) is 0. The molecule has 1 saturated heterocycles. The van der Waals surface area contributed by atoms with E-state index in [1.807, 2.05) is 67.6 Å². The molecule has 4 aromatic carbocycles. The summed E-state index contributed by atoms with van der Waals surface area (Å²) in [6.07, 6.45) is 2.00. The Hall–Kier alpha value is -5.63. The van der Waals surface area contributed by atoms with Gasteiger partial charge in [0.2, 0.25) is 17.6 Å². The molecule has 2 heterocycles. The number of aromatic nitrogens is 1. The SMILES string of the molecule is Cc1ccc2nc(-c3ccc(N4C(=O)C5C6CCC(C6)C5C4=O)cc3)cc(C(=O)OC(C)C(=O)c3ccc(OCc4ccccc4)cc3)c2c1. The van der Waals surface area contributed by atoms with E-state index in [0.29, 0.717) is 57.6 Å². The number of rotatable bonds is 9. The van der Waals surface area contributed by atoms with Gasteiger partial charge in [0.25, 0.3) is 0 Å². The fraction of sp³-hybridized carbons (Fsp3) is 0.262. The minimum atomic E-state index is -1.04. The van der Waals surface area contributed by atoms with Crippen LogP contribution < -0.4 is 9.64 Å². The van der Waals surface area contributed by atoms with E-state index >= 15 is 0 Å². The largest absolute Gasteiger partial charge is 0.489 e. The third-order valence-electron chi connectivity index (χ3n) is 10.6. The predicted octanol–water partition coefficient (Wildman–Crippen LogP) is 7.75. The number of ether oxygens (including phenoxy) is 2. The third-order valence-corrected chi connectivity index (χ3v) is 10.6. The van der Waals surface area contributed by atoms with Crippen molar-refractivity contribution in [3.05, 3.63) is 125 Å². The molecule has 2 saturated carbocycles. The zero-order valence-electron chi connectivity index (χ0n) is 27.9. The summed E-state index contributed by atoms with van der Waals surface area (Å²) < 4.78 is 11.6. The summed E-state index contributed by atoms with van der Waals surface area (Å²) in [7, 11) is 0. The number of ketones is 1. The van der Waals surface area contributed by atoms with Crippen molar-refractivity contribution in [2.45, 2.75) is 45.8 Å². The average molecular weight is 665 g/mol. The number of hydrogen-bond acceptors (Lipinski definition) is 7. The molecule has 250 valence electrons. The second-order valence-electron chi connectivity index (χ2n) is 13.7. The molecule has 0 spiro atoms. The first kappa shape index (κ1) is 31.6. The van der Waals surface area contributed by atoms with Crippen LogP contribution in [0.2, 0.25) is 0 Å². The first-order valence-corrected chi connectivity index (χ1v) is 17.2. The first-order valence-electron chi connectivity index (χ1n) is 17.2. The van der Waals surface area contributed by atoms with Crippen LogP contribution in [0.5, 0.6) is 5.75 Å². The van der Waals surface area contributed by atoms with Gasteiger partial charge in [-0.05, 0) is 105 Å². The molecule has 2 amide bonds. The Morgan fingerprint density at radius 2 is 1.52 bits per heavy atom. The van der Waals surface area contributed by atoms with E-state index in [4.69, 9.17) is 14.5 Å². The van der Waals surface area contributed by atoms with Crippen LogP contribution in [0.25, 0.3) is 22.2 Å². The van der Waals surface area contributed by atoms with E-state index in [9.17, 15) is 19.2 Å². The standard InChI is InChI=1S/C42H36N2O6/c1-24-8-19-35-33(20-24)34(42(48)50-25(2)39(45)28-13-17-32(18-14-28)49-23-26-6-4-3-5-7-26)22-36(43-35)27-11-15-31(16-12-27)44-40(46)37-29-9-10-30(21-29)38(37)41(44)47/h3-8,11-20,22,25,29-30,37-38H,9-10,21,23H2,1-2H3. The van der Waals surface area contributed by atoms with Crippen LogP contribution in [0.3, 0.4) is 0 Å². The van der Waals surface area contributed by atoms with Crippen molar-refractivity contribution in [3.8, 4) is 17.0 Å². The molecular weight excluding hydrogens is 628 g/mol. The number of imide groups is 1. The quantitative estimate of drug-likeness (QED) is 0.0902. The second-order valence-corrected chi connectivity index (χ2v) is 13.7. The summed E-state index contributed by atoms with van der Waals surface area (Å²) in [5.41, 5.74) is 5.06. The van der Waals surface area contributed by atoms with E-state index < -0.39 is 12.1 Å². The molecule has 3 aliphatic rings. The number of carbonyl (C=O) groups excluding carboxylic acids is 4. The van der Waals surface area contributed by atoms with Gasteiger partial charge in [0.15, 0.2) is 6.10 Å². The minimum absolute atomic E-state index is 0.0832. The van der Waals surface area contributed by atoms with Crippen LogP contribution in [0.4, 0.5) is 5.69 Å². The van der Waals surface area contributed by atoms with Crippen LogP contribution in [-0.2, 0) is 20.9 Å². The van der Waals surface area contributed by atoms with Crippen molar-refractivity contribution in [2.24, 2.45) is 23.7 Å². The molecule has 1 aromatic heterocycles. The molecule has 2 aliphatic carbocycles. The molecule has 0 N–H and O–H groups in total. The second kappa shape index (κ2) is 12.7. The Bertz CT molecular complexity index is 2120. The Morgan fingerprint density at radius 3 is 2.20 bits per heavy atom. The average Bonchev–Trinajstić information content (AvgIpc) is 3.84. The number of nitrogens with zero attached hydrogens (tertiary/aromatic N) is 2. The summed E-state index contributed by atoms with van der Waals surface area (Å²) in [6.45, 7) is 3.91. The maximum atomic E-state index is 13.7. The fourth-order valence-electron chi connectivity index (χ4n) is 8.07. The van der Waals surface area contributed by atoms with Gasteiger partial charge in [-0.3, -0.25) is 19.3 Å². The van der Waals surface area contributed by atoms with E-state index in [1.54, 1.807) is 49.4 Å². The highest BCUT2D eigenvalue weighted by atomic mass is 16.5. The number of amides is 2. The molecule has 1 aliphatic heterocycles. The van der Waals surface area contributed by atoms with Gasteiger partial charge in [-0.25, -0.2) is 9.78 Å². The molecule has 5 aromatic rings. The van der Waals surface area contributed by atoms with Crippen molar-refractivity contribution in [1.82, 2.24) is 4.98 Å². The van der Waals surface area contributed by atoms with Crippen LogP contribution >= 0.6 is 0 Å². The third kappa shape index (κ3) is 5.64. The van der Waals surface area contributed by atoms with Crippen molar-refractivity contribution in [1.29, 1.82) is 0 Å². The van der Waals surface area contributed by atoms with E-state index in [2.05, 4.69) is 0 Å². The Labute approximate surface area is 290 Å². The summed E-state index contributed by atoms with van der Waals surface area (Å²) >= 11 is 0. The summed E-state index contributed by atoms with van der Waals surface area (Å²) in [5, 5.41) is 0.615. The van der Waals surface area contributed by atoms with Crippen LogP contribution in [0.15, 0.2) is 103 Å². The van der Waals surface area contributed by atoms with Gasteiger partial charge in [-0.15, -0.1) is 0 Å². The number of Topliss-reactive ketones (excluding diaryl/α,β-unsaturated/α-hetero) is 1. The number of anilines is 1. The van der Waals surface area contributed by atoms with Crippen molar-refractivity contribution < 1.29 is 28.7 Å². The highest BCUT2D eigenvalue weighted by Gasteiger charge is 2.61. The smallest absolute Gasteiger partial charge is 0.339 e. The van der Waals surface area contributed by atoms with Gasteiger partial charge < -0.3 is 9.47 Å². The van der Waals surface area contributed by atoms with Gasteiger partial charge in [0.05, 0.1) is 34.3 Å². The lowest BCUT2D eigenvalue weighted by Crippen LogP contribution is -2.32. The molecule has 8 rings (SSSR count). The van der Waals surface area contributed by atoms with E-state index in [0.717, 1.165) is 30.4 Å². The summed E-state index contributed by atoms with van der Waals surface area (Å²) in [6, 6.07) is 31.1. The Balaban J connectivity index is 1.00. The number of esters is 1. The molecular formula is C42H36N2O6. The fourth-order valence-corrected chi connectivity index (χ4v) is 8.07. The maximum Gasteiger partial charge on any atom is 0.339 e. The van der Waals surface area contributed by atoms with Gasteiger partial charge in [0, 0.05) is 16.5 Å². The number of aryl methyl sites for hydroxylation is 1. The Morgan fingerprint density at radius 1 is 0.840 bits per heavy atom. The van der Waals surface area contributed by atoms with Crippen LogP contribution in [-0.4, -0.2) is 34.7 Å².